The topological polar surface area (TPSA) is 88.2 Å². The number of benzene rings is 2. The van der Waals surface area contributed by atoms with Crippen molar-refractivity contribution in [3.63, 3.8) is 0 Å². The molecule has 0 atom stereocenters. The van der Waals surface area contributed by atoms with E-state index in [2.05, 4.69) is 15.0 Å². The Morgan fingerprint density at radius 3 is 2.36 bits per heavy atom. The highest BCUT2D eigenvalue weighted by atomic mass is 32.2. The first-order chi connectivity index (χ1) is 13.3. The highest BCUT2D eigenvalue weighted by molar-refractivity contribution is 7.92. The third-order valence-corrected chi connectivity index (χ3v) is 5.79. The van der Waals surface area contributed by atoms with E-state index in [-0.39, 0.29) is 11.7 Å². The first kappa shape index (κ1) is 19.8. The summed E-state index contributed by atoms with van der Waals surface area (Å²) in [6.45, 7) is 5.61. The number of carbonyl (C=O) groups excluding carboxylic acids is 1. The van der Waals surface area contributed by atoms with Crippen molar-refractivity contribution >= 4 is 38.2 Å². The maximum absolute atomic E-state index is 12.7. The molecule has 2 N–H and O–H groups in total. The van der Waals surface area contributed by atoms with Crippen molar-refractivity contribution < 1.29 is 13.2 Å². The minimum absolute atomic E-state index is 0.0687. The van der Waals surface area contributed by atoms with E-state index in [1.54, 1.807) is 31.2 Å². The number of amides is 1. The van der Waals surface area contributed by atoms with Gasteiger partial charge in [-0.15, -0.1) is 0 Å². The fraction of sp³-hybridized carbons (Fsp3) is 0.238. The predicted molar refractivity (Wildman–Crippen MR) is 113 cm³/mol. The van der Waals surface area contributed by atoms with E-state index >= 15 is 0 Å². The van der Waals surface area contributed by atoms with Gasteiger partial charge in [0.15, 0.2) is 0 Å². The molecular formula is C21H23N3O3S. The van der Waals surface area contributed by atoms with Crippen LogP contribution in [0.3, 0.4) is 0 Å². The summed E-state index contributed by atoms with van der Waals surface area (Å²) in [7, 11) is -3.34. The van der Waals surface area contributed by atoms with E-state index in [0.717, 1.165) is 16.5 Å². The van der Waals surface area contributed by atoms with Gasteiger partial charge in [-0.2, -0.15) is 0 Å². The van der Waals surface area contributed by atoms with Crippen molar-refractivity contribution in [2.75, 3.05) is 15.8 Å². The minimum Gasteiger partial charge on any atom is -0.322 e. The summed E-state index contributed by atoms with van der Waals surface area (Å²) in [5.74, 6) is -0.188. The molecule has 28 heavy (non-hydrogen) atoms. The summed E-state index contributed by atoms with van der Waals surface area (Å²) in [5.41, 5.74) is 4.15. The van der Waals surface area contributed by atoms with E-state index < -0.39 is 10.0 Å². The third kappa shape index (κ3) is 4.67. The summed E-state index contributed by atoms with van der Waals surface area (Å²) in [6, 6.07) is 14.3. The highest BCUT2D eigenvalue weighted by Gasteiger charge is 2.13. The van der Waals surface area contributed by atoms with Crippen LogP contribution < -0.4 is 10.0 Å². The van der Waals surface area contributed by atoms with Crippen molar-refractivity contribution in [1.82, 2.24) is 4.98 Å². The summed E-state index contributed by atoms with van der Waals surface area (Å²) in [6.07, 6.45) is 0.544. The molecule has 0 aliphatic rings. The molecule has 0 saturated carbocycles. The van der Waals surface area contributed by atoms with Gasteiger partial charge in [0.1, 0.15) is 0 Å². The first-order valence-corrected chi connectivity index (χ1v) is 10.7. The van der Waals surface area contributed by atoms with E-state index in [1.807, 2.05) is 38.1 Å². The average Bonchev–Trinajstić information content (AvgIpc) is 2.62. The summed E-state index contributed by atoms with van der Waals surface area (Å²) in [5, 5.41) is 3.75. The molecule has 0 aliphatic carbocycles. The first-order valence-electron chi connectivity index (χ1n) is 9.07. The molecule has 0 bridgehead atoms. The zero-order valence-corrected chi connectivity index (χ0v) is 16.9. The van der Waals surface area contributed by atoms with Gasteiger partial charge in [-0.1, -0.05) is 18.6 Å². The highest BCUT2D eigenvalue weighted by Crippen LogP contribution is 2.20. The molecule has 0 spiro atoms. The maximum Gasteiger partial charge on any atom is 0.257 e. The molecule has 1 heterocycles. The van der Waals surface area contributed by atoms with E-state index in [9.17, 15) is 13.2 Å². The SMILES string of the molecule is CCCS(=O)(=O)Nc1ccc(NC(=O)c2cc3cc(C)ccc3nc2C)cc1. The van der Waals surface area contributed by atoms with Crippen molar-refractivity contribution in [3.05, 3.63) is 65.4 Å². The number of aryl methyl sites for hydroxylation is 2. The fourth-order valence-electron chi connectivity index (χ4n) is 2.94. The lowest BCUT2D eigenvalue weighted by Crippen LogP contribution is -2.16. The number of rotatable bonds is 6. The van der Waals surface area contributed by atoms with Crippen LogP contribution in [0.1, 0.15) is 35.0 Å². The number of carbonyl (C=O) groups is 1. The van der Waals surface area contributed by atoms with Crippen LogP contribution >= 0.6 is 0 Å². The lowest BCUT2D eigenvalue weighted by atomic mass is 10.1. The fourth-order valence-corrected chi connectivity index (χ4v) is 4.08. The van der Waals surface area contributed by atoms with Crippen molar-refractivity contribution in [1.29, 1.82) is 0 Å². The van der Waals surface area contributed by atoms with Crippen LogP contribution in [0.5, 0.6) is 0 Å². The largest absolute Gasteiger partial charge is 0.322 e. The summed E-state index contributed by atoms with van der Waals surface area (Å²) in [4.78, 5) is 17.2. The molecule has 146 valence electrons. The Hall–Kier alpha value is -2.93. The standard InChI is InChI=1S/C21H23N3O3S/c1-4-11-28(26,27)24-18-8-6-17(7-9-18)23-21(25)19-13-16-12-14(2)5-10-20(16)22-15(19)3/h5-10,12-13,24H,4,11H2,1-3H3,(H,23,25). The third-order valence-electron chi connectivity index (χ3n) is 4.29. The molecule has 1 aromatic heterocycles. The Bertz CT molecular complexity index is 1120. The number of anilines is 2. The normalized spacial score (nSPS) is 11.4. The second-order valence-corrected chi connectivity index (χ2v) is 8.61. The molecule has 1 amide bonds. The maximum atomic E-state index is 12.7. The van der Waals surface area contributed by atoms with Gasteiger partial charge >= 0.3 is 0 Å². The van der Waals surface area contributed by atoms with Gasteiger partial charge < -0.3 is 5.32 Å². The van der Waals surface area contributed by atoms with Gasteiger partial charge in [0.2, 0.25) is 10.0 Å². The van der Waals surface area contributed by atoms with Crippen LogP contribution in [0, 0.1) is 13.8 Å². The Kier molecular flexibility index (Phi) is 5.65. The second kappa shape index (κ2) is 7.98. The van der Waals surface area contributed by atoms with Gasteiger partial charge in [0.05, 0.1) is 22.5 Å². The van der Waals surface area contributed by atoms with Crippen molar-refractivity contribution in [2.24, 2.45) is 0 Å². The minimum atomic E-state index is -3.34. The number of hydrogen-bond donors (Lipinski definition) is 2. The monoisotopic (exact) mass is 397 g/mol. The quantitative estimate of drug-likeness (QED) is 0.651. The molecule has 2 aromatic carbocycles. The molecule has 3 rings (SSSR count). The van der Waals surface area contributed by atoms with Gasteiger partial charge in [0, 0.05) is 16.8 Å². The van der Waals surface area contributed by atoms with Gasteiger partial charge in [0.25, 0.3) is 5.91 Å². The molecular weight excluding hydrogens is 374 g/mol. The van der Waals surface area contributed by atoms with E-state index in [4.69, 9.17) is 0 Å². The van der Waals surface area contributed by atoms with Gasteiger partial charge in [-0.05, 0) is 62.7 Å². The number of nitrogens with zero attached hydrogens (tertiary/aromatic N) is 1. The molecule has 3 aromatic rings. The smallest absolute Gasteiger partial charge is 0.257 e. The molecule has 6 nitrogen and oxygen atoms in total. The average molecular weight is 398 g/mol. The molecule has 0 unspecified atom stereocenters. The summed E-state index contributed by atoms with van der Waals surface area (Å²) >= 11 is 0. The van der Waals surface area contributed by atoms with Crippen LogP contribution in [0.2, 0.25) is 0 Å². The number of aromatic nitrogens is 1. The molecule has 0 saturated heterocycles. The zero-order chi connectivity index (χ0) is 20.3. The van der Waals surface area contributed by atoms with Crippen molar-refractivity contribution in [3.8, 4) is 0 Å². The van der Waals surface area contributed by atoms with Crippen LogP contribution in [0.25, 0.3) is 10.9 Å². The Morgan fingerprint density at radius 1 is 1.00 bits per heavy atom. The Morgan fingerprint density at radius 2 is 1.68 bits per heavy atom. The van der Waals surface area contributed by atoms with Gasteiger partial charge in [-0.25, -0.2) is 8.42 Å². The Balaban J connectivity index is 1.78. The molecule has 7 heteroatoms. The van der Waals surface area contributed by atoms with Crippen LogP contribution in [-0.2, 0) is 10.0 Å². The van der Waals surface area contributed by atoms with Crippen molar-refractivity contribution in [2.45, 2.75) is 27.2 Å². The predicted octanol–water partition coefficient (Wildman–Crippen LogP) is 4.26. The number of sulfonamides is 1. The zero-order valence-electron chi connectivity index (χ0n) is 16.1. The number of nitrogens with one attached hydrogen (secondary N) is 2. The van der Waals surface area contributed by atoms with E-state index in [0.29, 0.717) is 29.1 Å². The lowest BCUT2D eigenvalue weighted by Gasteiger charge is -2.11. The van der Waals surface area contributed by atoms with Crippen LogP contribution in [0.15, 0.2) is 48.5 Å². The summed E-state index contributed by atoms with van der Waals surface area (Å²) < 4.78 is 26.2. The number of hydrogen-bond acceptors (Lipinski definition) is 4. The number of fused-ring (bicyclic) bond motifs is 1. The van der Waals surface area contributed by atoms with Crippen LogP contribution in [0.4, 0.5) is 11.4 Å². The van der Waals surface area contributed by atoms with E-state index in [1.165, 1.54) is 0 Å². The lowest BCUT2D eigenvalue weighted by molar-refractivity contribution is 0.102. The second-order valence-electron chi connectivity index (χ2n) is 6.77. The molecule has 0 aliphatic heterocycles. The van der Waals surface area contributed by atoms with Crippen LogP contribution in [-0.4, -0.2) is 25.1 Å². The van der Waals surface area contributed by atoms with Gasteiger partial charge in [-0.3, -0.25) is 14.5 Å². The molecule has 0 fully saturated rings. The number of pyridine rings is 1. The molecule has 0 radical (unpaired) electrons. The Labute approximate surface area is 165 Å².